The van der Waals surface area contributed by atoms with Gasteiger partial charge in [-0.25, -0.2) is 17.8 Å². The molecule has 0 spiro atoms. The molecule has 1 heterocycles. The van der Waals surface area contributed by atoms with Gasteiger partial charge in [-0.1, -0.05) is 11.6 Å². The summed E-state index contributed by atoms with van der Waals surface area (Å²) in [7, 11) is -3.82. The molecular formula is C13H13ClFN3O2S. The number of rotatable bonds is 5. The van der Waals surface area contributed by atoms with Crippen LogP contribution in [0.1, 0.15) is 6.92 Å². The topological polar surface area (TPSA) is 71.1 Å². The van der Waals surface area contributed by atoms with Crippen LogP contribution in [0.2, 0.25) is 5.02 Å². The van der Waals surface area contributed by atoms with E-state index in [9.17, 15) is 12.8 Å². The van der Waals surface area contributed by atoms with Gasteiger partial charge in [-0.15, -0.1) is 0 Å². The molecule has 8 heteroatoms. The van der Waals surface area contributed by atoms with Crippen LogP contribution in [0.3, 0.4) is 0 Å². The lowest BCUT2D eigenvalue weighted by molar-refractivity contribution is 0.600. The SMILES string of the molecule is CCNc1ccc(S(=O)(=O)Nc2ccc(Cl)c(F)c2)cn1. The molecule has 2 aromatic rings. The fraction of sp³-hybridized carbons (Fsp3) is 0.154. The van der Waals surface area contributed by atoms with E-state index in [4.69, 9.17) is 11.6 Å². The van der Waals surface area contributed by atoms with Crippen LogP contribution in [0.5, 0.6) is 0 Å². The molecule has 0 unspecified atom stereocenters. The predicted molar refractivity (Wildman–Crippen MR) is 80.6 cm³/mol. The first-order valence-electron chi connectivity index (χ1n) is 6.10. The maximum atomic E-state index is 13.3. The number of anilines is 2. The third-order valence-electron chi connectivity index (χ3n) is 2.58. The molecule has 0 aliphatic heterocycles. The van der Waals surface area contributed by atoms with E-state index in [1.54, 1.807) is 6.07 Å². The third kappa shape index (κ3) is 3.83. The summed E-state index contributed by atoms with van der Waals surface area (Å²) in [5.41, 5.74) is 0.0904. The second-order valence-corrected chi connectivity index (χ2v) is 6.23. The molecule has 0 atom stereocenters. The van der Waals surface area contributed by atoms with Gasteiger partial charge >= 0.3 is 0 Å². The monoisotopic (exact) mass is 329 g/mol. The van der Waals surface area contributed by atoms with E-state index in [-0.39, 0.29) is 15.6 Å². The normalized spacial score (nSPS) is 11.2. The van der Waals surface area contributed by atoms with Crippen molar-refractivity contribution >= 4 is 33.1 Å². The predicted octanol–water partition coefficient (Wildman–Crippen LogP) is 3.11. The highest BCUT2D eigenvalue weighted by Crippen LogP contribution is 2.21. The van der Waals surface area contributed by atoms with Crippen molar-refractivity contribution in [3.8, 4) is 0 Å². The number of hydrogen-bond donors (Lipinski definition) is 2. The molecule has 1 aromatic carbocycles. The molecule has 0 amide bonds. The summed E-state index contributed by atoms with van der Waals surface area (Å²) in [6.45, 7) is 2.59. The van der Waals surface area contributed by atoms with Crippen LogP contribution in [0.25, 0.3) is 0 Å². The van der Waals surface area contributed by atoms with Crippen molar-refractivity contribution < 1.29 is 12.8 Å². The molecule has 112 valence electrons. The highest BCUT2D eigenvalue weighted by atomic mass is 35.5. The fourth-order valence-electron chi connectivity index (χ4n) is 1.60. The van der Waals surface area contributed by atoms with Crippen molar-refractivity contribution in [1.82, 2.24) is 4.98 Å². The first kappa shape index (κ1) is 15.5. The number of hydrogen-bond acceptors (Lipinski definition) is 4. The van der Waals surface area contributed by atoms with Gasteiger partial charge in [0.05, 0.1) is 10.7 Å². The Balaban J connectivity index is 2.23. The lowest BCUT2D eigenvalue weighted by Crippen LogP contribution is -2.13. The molecule has 1 aromatic heterocycles. The Kier molecular flexibility index (Phi) is 4.64. The highest BCUT2D eigenvalue weighted by molar-refractivity contribution is 7.92. The van der Waals surface area contributed by atoms with Gasteiger partial charge in [0.1, 0.15) is 16.5 Å². The first-order chi connectivity index (χ1) is 9.92. The second kappa shape index (κ2) is 6.28. The van der Waals surface area contributed by atoms with Gasteiger partial charge in [-0.2, -0.15) is 0 Å². The zero-order valence-electron chi connectivity index (χ0n) is 11.1. The van der Waals surface area contributed by atoms with Crippen molar-refractivity contribution in [2.24, 2.45) is 0 Å². The molecule has 5 nitrogen and oxygen atoms in total. The number of nitrogens with zero attached hydrogens (tertiary/aromatic N) is 1. The van der Waals surface area contributed by atoms with Gasteiger partial charge < -0.3 is 5.32 Å². The fourth-order valence-corrected chi connectivity index (χ4v) is 2.71. The summed E-state index contributed by atoms with van der Waals surface area (Å²) < 4.78 is 39.9. The van der Waals surface area contributed by atoms with Crippen LogP contribution in [0.4, 0.5) is 15.9 Å². The molecule has 0 bridgehead atoms. The Morgan fingerprint density at radius 3 is 2.62 bits per heavy atom. The Hall–Kier alpha value is -1.86. The van der Waals surface area contributed by atoms with E-state index in [0.29, 0.717) is 12.4 Å². The van der Waals surface area contributed by atoms with Gasteiger partial charge in [0, 0.05) is 12.7 Å². The van der Waals surface area contributed by atoms with Crippen molar-refractivity contribution in [1.29, 1.82) is 0 Å². The van der Waals surface area contributed by atoms with E-state index in [1.807, 2.05) is 6.92 Å². The molecular weight excluding hydrogens is 317 g/mol. The van der Waals surface area contributed by atoms with Crippen LogP contribution < -0.4 is 10.0 Å². The molecule has 0 saturated heterocycles. The number of benzene rings is 1. The van der Waals surface area contributed by atoms with Crippen molar-refractivity contribution in [2.75, 3.05) is 16.6 Å². The highest BCUT2D eigenvalue weighted by Gasteiger charge is 2.15. The van der Waals surface area contributed by atoms with E-state index in [0.717, 1.165) is 6.07 Å². The Bertz CT molecular complexity index is 736. The minimum Gasteiger partial charge on any atom is -0.370 e. The molecule has 2 rings (SSSR count). The van der Waals surface area contributed by atoms with Gasteiger partial charge in [-0.3, -0.25) is 4.72 Å². The molecule has 0 aliphatic carbocycles. The largest absolute Gasteiger partial charge is 0.370 e. The number of sulfonamides is 1. The smallest absolute Gasteiger partial charge is 0.263 e. The maximum Gasteiger partial charge on any atom is 0.263 e. The van der Waals surface area contributed by atoms with Crippen LogP contribution in [0, 0.1) is 5.82 Å². The lowest BCUT2D eigenvalue weighted by atomic mass is 10.3. The minimum absolute atomic E-state index is 0.0143. The third-order valence-corrected chi connectivity index (χ3v) is 4.25. The standard InChI is InChI=1S/C13H13ClFN3O2S/c1-2-16-13-6-4-10(8-17-13)21(19,20)18-9-3-5-11(14)12(15)7-9/h3-8,18H,2H2,1H3,(H,16,17). The van der Waals surface area contributed by atoms with Crippen LogP contribution in [-0.2, 0) is 10.0 Å². The molecule has 0 saturated carbocycles. The minimum atomic E-state index is -3.82. The van der Waals surface area contributed by atoms with Crippen LogP contribution >= 0.6 is 11.6 Å². The summed E-state index contributed by atoms with van der Waals surface area (Å²) >= 11 is 5.55. The summed E-state index contributed by atoms with van der Waals surface area (Å²) in [4.78, 5) is 3.97. The Labute approximate surface area is 127 Å². The number of nitrogens with one attached hydrogen (secondary N) is 2. The Morgan fingerprint density at radius 2 is 2.05 bits per heavy atom. The zero-order valence-corrected chi connectivity index (χ0v) is 12.7. The van der Waals surface area contributed by atoms with Crippen LogP contribution in [-0.4, -0.2) is 19.9 Å². The summed E-state index contributed by atoms with van der Waals surface area (Å²) in [6.07, 6.45) is 1.23. The second-order valence-electron chi connectivity index (χ2n) is 4.14. The molecule has 0 radical (unpaired) electrons. The molecule has 2 N–H and O–H groups in total. The summed E-state index contributed by atoms with van der Waals surface area (Å²) in [6, 6.07) is 6.64. The molecule has 0 fully saturated rings. The maximum absolute atomic E-state index is 13.3. The van der Waals surface area contributed by atoms with Crippen LogP contribution in [0.15, 0.2) is 41.4 Å². The van der Waals surface area contributed by atoms with Crippen molar-refractivity contribution in [2.45, 2.75) is 11.8 Å². The number of halogens is 2. The average Bonchev–Trinajstić information content (AvgIpc) is 2.44. The van der Waals surface area contributed by atoms with E-state index >= 15 is 0 Å². The number of aromatic nitrogens is 1. The Morgan fingerprint density at radius 1 is 1.29 bits per heavy atom. The first-order valence-corrected chi connectivity index (χ1v) is 7.96. The van der Waals surface area contributed by atoms with Gasteiger partial charge in [-0.05, 0) is 37.3 Å². The lowest BCUT2D eigenvalue weighted by Gasteiger charge is -2.09. The van der Waals surface area contributed by atoms with E-state index in [2.05, 4.69) is 15.0 Å². The van der Waals surface area contributed by atoms with E-state index < -0.39 is 15.8 Å². The van der Waals surface area contributed by atoms with Crippen molar-refractivity contribution in [3.63, 3.8) is 0 Å². The summed E-state index contributed by atoms with van der Waals surface area (Å²) in [5.74, 6) is -0.119. The zero-order chi connectivity index (χ0) is 15.5. The quantitative estimate of drug-likeness (QED) is 0.884. The van der Waals surface area contributed by atoms with E-state index in [1.165, 1.54) is 24.4 Å². The van der Waals surface area contributed by atoms with Crippen molar-refractivity contribution in [3.05, 3.63) is 47.4 Å². The number of pyridine rings is 1. The molecule has 0 aliphatic rings. The molecule has 21 heavy (non-hydrogen) atoms. The van der Waals surface area contributed by atoms with Gasteiger partial charge in [0.25, 0.3) is 10.0 Å². The average molecular weight is 330 g/mol. The van der Waals surface area contributed by atoms with Gasteiger partial charge in [0.2, 0.25) is 0 Å². The summed E-state index contributed by atoms with van der Waals surface area (Å²) in [5, 5.41) is 2.88. The van der Waals surface area contributed by atoms with Gasteiger partial charge in [0.15, 0.2) is 0 Å².